The largest absolute Gasteiger partial charge is 0.466 e. The molecule has 0 bridgehead atoms. The molecule has 0 aliphatic heterocycles. The van der Waals surface area contributed by atoms with Gasteiger partial charge in [0.05, 0.1) is 25.4 Å². The molecule has 0 unspecified atom stereocenters. The van der Waals surface area contributed by atoms with Crippen molar-refractivity contribution in [2.45, 2.75) is 398 Å². The molecule has 7 nitrogen and oxygen atoms in total. The molecular weight excluding hydrogens is 951 g/mol. The molecule has 456 valence electrons. The summed E-state index contributed by atoms with van der Waals surface area (Å²) in [4.78, 5) is 24.6. The minimum absolute atomic E-state index is 0.00462. The third-order valence-corrected chi connectivity index (χ3v) is 16.3. The first kappa shape index (κ1) is 75.3. The Morgan fingerprint density at radius 2 is 0.675 bits per heavy atom. The normalized spacial score (nSPS) is 13.1. The molecule has 0 saturated carbocycles. The van der Waals surface area contributed by atoms with Crippen molar-refractivity contribution in [2.24, 2.45) is 0 Å². The zero-order chi connectivity index (χ0) is 55.8. The van der Waals surface area contributed by atoms with E-state index in [9.17, 15) is 24.9 Å². The van der Waals surface area contributed by atoms with Gasteiger partial charge in [-0.2, -0.15) is 0 Å². The average Bonchev–Trinajstić information content (AvgIpc) is 3.43. The summed E-state index contributed by atoms with van der Waals surface area (Å²) < 4.78 is 5.49. The number of hydrogen-bond donors (Lipinski definition) is 4. The monoisotopic (exact) mass is 1090 g/mol. The molecule has 3 atom stereocenters. The van der Waals surface area contributed by atoms with E-state index < -0.39 is 18.2 Å². The van der Waals surface area contributed by atoms with Crippen LogP contribution < -0.4 is 5.32 Å². The Balaban J connectivity index is 3.35. The van der Waals surface area contributed by atoms with Gasteiger partial charge in [-0.15, -0.1) is 0 Å². The minimum Gasteiger partial charge on any atom is -0.466 e. The van der Waals surface area contributed by atoms with E-state index in [1.54, 1.807) is 0 Å². The minimum atomic E-state index is -1.14. The van der Waals surface area contributed by atoms with E-state index in [1.807, 2.05) is 0 Å². The summed E-state index contributed by atoms with van der Waals surface area (Å²) in [5.74, 6) is -0.138. The summed E-state index contributed by atoms with van der Waals surface area (Å²) in [5, 5.41) is 33.7. The Kier molecular flexibility index (Phi) is 63.7. The molecule has 0 rings (SSSR count). The van der Waals surface area contributed by atoms with Gasteiger partial charge in [0.2, 0.25) is 5.91 Å². The van der Waals surface area contributed by atoms with Crippen molar-refractivity contribution in [3.63, 3.8) is 0 Å². The highest BCUT2D eigenvalue weighted by atomic mass is 16.5. The molecule has 0 aromatic heterocycles. The zero-order valence-electron chi connectivity index (χ0n) is 51.8. The predicted molar refractivity (Wildman–Crippen MR) is 335 cm³/mol. The molecule has 4 N–H and O–H groups in total. The number of ether oxygens (including phenoxy) is 1. The Labute approximate surface area is 480 Å². The molecule has 0 aliphatic rings. The standard InChI is InChI=1S/C70H135NO6/c1-3-5-7-9-11-13-15-17-35-39-43-47-51-55-59-63-69(75)77-64-60-56-52-48-44-40-37-34-32-30-28-26-24-22-20-18-19-21-23-25-27-29-31-33-36-38-42-46-50-54-58-62-68(74)71-66(65-72)70(76)67(73)61-57-53-49-45-41-16-14-12-10-8-6-4-2/h11,13,17,35,66-67,70,72-73,76H,3-10,12,14-16,18-34,36-65H2,1-2H3,(H,71,74)/b13-11-,35-17-/t66-,67+,70-/m0/s1. The summed E-state index contributed by atoms with van der Waals surface area (Å²) in [5.41, 5.74) is 0. The summed E-state index contributed by atoms with van der Waals surface area (Å²) in [7, 11) is 0. The predicted octanol–water partition coefficient (Wildman–Crippen LogP) is 21.1. The molecule has 0 aromatic carbocycles. The van der Waals surface area contributed by atoms with Crippen LogP contribution in [0.15, 0.2) is 24.3 Å². The van der Waals surface area contributed by atoms with Crippen LogP contribution in [0.3, 0.4) is 0 Å². The number of carbonyl (C=O) groups excluding carboxylic acids is 2. The highest BCUT2D eigenvalue weighted by Crippen LogP contribution is 2.19. The lowest BCUT2D eigenvalue weighted by molar-refractivity contribution is -0.143. The number of nitrogens with one attached hydrogen (secondary N) is 1. The van der Waals surface area contributed by atoms with Gasteiger partial charge in [-0.3, -0.25) is 9.59 Å². The van der Waals surface area contributed by atoms with Crippen molar-refractivity contribution in [2.75, 3.05) is 13.2 Å². The van der Waals surface area contributed by atoms with Gasteiger partial charge in [0.25, 0.3) is 0 Å². The van der Waals surface area contributed by atoms with Crippen molar-refractivity contribution in [3.05, 3.63) is 24.3 Å². The fraction of sp³-hybridized carbons (Fsp3) is 0.914. The Morgan fingerprint density at radius 1 is 0.377 bits per heavy atom. The molecule has 0 radical (unpaired) electrons. The van der Waals surface area contributed by atoms with Crippen LogP contribution >= 0.6 is 0 Å². The Bertz CT molecular complexity index is 1220. The van der Waals surface area contributed by atoms with Crippen molar-refractivity contribution >= 4 is 11.9 Å². The van der Waals surface area contributed by atoms with Gasteiger partial charge in [-0.25, -0.2) is 0 Å². The Morgan fingerprint density at radius 3 is 1.05 bits per heavy atom. The van der Waals surface area contributed by atoms with E-state index in [1.165, 1.54) is 283 Å². The van der Waals surface area contributed by atoms with Crippen LogP contribution in [0.25, 0.3) is 0 Å². The number of esters is 1. The Hall–Kier alpha value is -1.70. The smallest absolute Gasteiger partial charge is 0.305 e. The number of rotatable bonds is 65. The number of allylic oxidation sites excluding steroid dienone is 4. The van der Waals surface area contributed by atoms with Crippen LogP contribution in [0.2, 0.25) is 0 Å². The third-order valence-electron chi connectivity index (χ3n) is 16.3. The van der Waals surface area contributed by atoms with Crippen LogP contribution in [-0.4, -0.2) is 58.7 Å². The highest BCUT2D eigenvalue weighted by molar-refractivity contribution is 5.76. The first-order valence-electron chi connectivity index (χ1n) is 34.7. The molecule has 1 amide bonds. The summed E-state index contributed by atoms with van der Waals surface area (Å²) in [6.45, 7) is 4.76. The molecule has 77 heavy (non-hydrogen) atoms. The van der Waals surface area contributed by atoms with Crippen LogP contribution in [0.1, 0.15) is 380 Å². The second-order valence-electron chi connectivity index (χ2n) is 24.0. The summed E-state index contributed by atoms with van der Waals surface area (Å²) in [6.07, 6.45) is 78.3. The second-order valence-corrected chi connectivity index (χ2v) is 24.0. The lowest BCUT2D eigenvalue weighted by Gasteiger charge is -2.26. The van der Waals surface area contributed by atoms with E-state index in [0.717, 1.165) is 64.2 Å². The number of aliphatic hydroxyl groups is 3. The maximum Gasteiger partial charge on any atom is 0.305 e. The topological polar surface area (TPSA) is 116 Å². The van der Waals surface area contributed by atoms with Gasteiger partial charge < -0.3 is 25.4 Å². The summed E-state index contributed by atoms with van der Waals surface area (Å²) in [6, 6.07) is -0.810. The number of aliphatic hydroxyl groups excluding tert-OH is 3. The number of hydrogen-bond acceptors (Lipinski definition) is 6. The van der Waals surface area contributed by atoms with E-state index in [4.69, 9.17) is 4.74 Å². The molecule has 0 saturated heterocycles. The molecule has 7 heteroatoms. The van der Waals surface area contributed by atoms with E-state index in [0.29, 0.717) is 25.9 Å². The fourth-order valence-electron chi connectivity index (χ4n) is 11.0. The number of unbranched alkanes of at least 4 members (excludes halogenated alkanes) is 49. The third kappa shape index (κ3) is 60.2. The van der Waals surface area contributed by atoms with Crippen LogP contribution in [-0.2, 0) is 14.3 Å². The number of amides is 1. The van der Waals surface area contributed by atoms with E-state index in [2.05, 4.69) is 43.5 Å². The van der Waals surface area contributed by atoms with E-state index in [-0.39, 0.29) is 18.5 Å². The fourth-order valence-corrected chi connectivity index (χ4v) is 11.0. The molecule has 0 heterocycles. The van der Waals surface area contributed by atoms with Crippen molar-refractivity contribution in [1.29, 1.82) is 0 Å². The van der Waals surface area contributed by atoms with Crippen molar-refractivity contribution in [3.8, 4) is 0 Å². The SMILES string of the molecule is CCCCC/C=C\C/C=C\CCCCCCCC(=O)OCCCCCCCCCCCCCCCCCCCCCCCCCCCCCCCCCC(=O)N[C@@H](CO)[C@H](O)[C@H](O)CCCCCCCCCCCCCC. The average molecular weight is 1090 g/mol. The maximum atomic E-state index is 12.5. The molecule has 0 aliphatic carbocycles. The maximum absolute atomic E-state index is 12.5. The lowest BCUT2D eigenvalue weighted by atomic mass is 9.99. The van der Waals surface area contributed by atoms with Gasteiger partial charge in [0.1, 0.15) is 6.10 Å². The van der Waals surface area contributed by atoms with E-state index >= 15 is 0 Å². The first-order valence-corrected chi connectivity index (χ1v) is 34.7. The highest BCUT2D eigenvalue weighted by Gasteiger charge is 2.27. The lowest BCUT2D eigenvalue weighted by Crippen LogP contribution is -2.50. The summed E-state index contributed by atoms with van der Waals surface area (Å²) >= 11 is 0. The molecule has 0 aromatic rings. The second kappa shape index (κ2) is 65.1. The van der Waals surface area contributed by atoms with Gasteiger partial charge in [0, 0.05) is 12.8 Å². The first-order chi connectivity index (χ1) is 38.0. The van der Waals surface area contributed by atoms with Gasteiger partial charge >= 0.3 is 5.97 Å². The number of carbonyl (C=O) groups is 2. The van der Waals surface area contributed by atoms with Crippen LogP contribution in [0.4, 0.5) is 0 Å². The van der Waals surface area contributed by atoms with Gasteiger partial charge in [-0.05, 0) is 57.8 Å². The van der Waals surface area contributed by atoms with Crippen molar-refractivity contribution in [1.82, 2.24) is 5.32 Å². The molecular formula is C70H135NO6. The van der Waals surface area contributed by atoms with Gasteiger partial charge in [-0.1, -0.05) is 334 Å². The quantitative estimate of drug-likeness (QED) is 0.0274. The zero-order valence-corrected chi connectivity index (χ0v) is 51.8. The van der Waals surface area contributed by atoms with Crippen LogP contribution in [0.5, 0.6) is 0 Å². The van der Waals surface area contributed by atoms with Crippen molar-refractivity contribution < 1.29 is 29.6 Å². The molecule has 0 spiro atoms. The van der Waals surface area contributed by atoms with Crippen LogP contribution in [0, 0.1) is 0 Å². The molecule has 0 fully saturated rings. The van der Waals surface area contributed by atoms with Gasteiger partial charge in [0.15, 0.2) is 0 Å².